The van der Waals surface area contributed by atoms with E-state index in [1.165, 1.54) is 11.1 Å². The summed E-state index contributed by atoms with van der Waals surface area (Å²) in [7, 11) is 0. The summed E-state index contributed by atoms with van der Waals surface area (Å²) in [6.45, 7) is 12.6. The lowest BCUT2D eigenvalue weighted by Gasteiger charge is -2.18. The lowest BCUT2D eigenvalue weighted by molar-refractivity contribution is 0.270. The number of ether oxygens (including phenoxy) is 1. The van der Waals surface area contributed by atoms with Gasteiger partial charge in [0, 0.05) is 6.04 Å². The number of aryl methyl sites for hydroxylation is 1. The van der Waals surface area contributed by atoms with Gasteiger partial charge in [-0.3, -0.25) is 0 Å². The Labute approximate surface area is 112 Å². The highest BCUT2D eigenvalue weighted by molar-refractivity contribution is 5.39. The predicted molar refractivity (Wildman–Crippen MR) is 78.5 cm³/mol. The first-order valence-electron chi connectivity index (χ1n) is 7.01. The van der Waals surface area contributed by atoms with E-state index in [2.05, 4.69) is 58.1 Å². The second kappa shape index (κ2) is 7.42. The maximum absolute atomic E-state index is 5.98. The Morgan fingerprint density at radius 3 is 2.56 bits per heavy atom. The van der Waals surface area contributed by atoms with Gasteiger partial charge in [0.15, 0.2) is 0 Å². The van der Waals surface area contributed by atoms with Crippen molar-refractivity contribution in [3.63, 3.8) is 0 Å². The van der Waals surface area contributed by atoms with Gasteiger partial charge in [-0.15, -0.1) is 0 Å². The Hall–Kier alpha value is -1.02. The number of hydrogen-bond acceptors (Lipinski definition) is 2. The Kier molecular flexibility index (Phi) is 6.20. The molecule has 1 unspecified atom stereocenters. The van der Waals surface area contributed by atoms with Crippen molar-refractivity contribution in [3.05, 3.63) is 29.3 Å². The molecule has 102 valence electrons. The normalized spacial score (nSPS) is 12.8. The van der Waals surface area contributed by atoms with Crippen LogP contribution in [0.2, 0.25) is 0 Å². The quantitative estimate of drug-likeness (QED) is 0.791. The number of hydrogen-bond donors (Lipinski definition) is 1. The van der Waals surface area contributed by atoms with Crippen LogP contribution < -0.4 is 10.1 Å². The molecule has 0 fully saturated rings. The van der Waals surface area contributed by atoms with Crippen molar-refractivity contribution < 1.29 is 4.74 Å². The highest BCUT2D eigenvalue weighted by Crippen LogP contribution is 2.27. The average molecular weight is 249 g/mol. The lowest BCUT2D eigenvalue weighted by atomic mass is 10.0. The topological polar surface area (TPSA) is 21.3 Å². The van der Waals surface area contributed by atoms with E-state index in [0.29, 0.717) is 12.0 Å². The minimum absolute atomic E-state index is 0.394. The molecule has 1 rings (SSSR count). The molecule has 0 aliphatic carbocycles. The van der Waals surface area contributed by atoms with Crippen LogP contribution in [0.4, 0.5) is 0 Å². The molecule has 1 aromatic rings. The van der Waals surface area contributed by atoms with Gasteiger partial charge in [-0.2, -0.15) is 0 Å². The molecule has 2 heteroatoms. The molecule has 0 heterocycles. The highest BCUT2D eigenvalue weighted by Gasteiger charge is 2.09. The second-order valence-corrected chi connectivity index (χ2v) is 5.36. The molecule has 1 N–H and O–H groups in total. The first-order valence-corrected chi connectivity index (χ1v) is 7.01. The maximum atomic E-state index is 5.98. The summed E-state index contributed by atoms with van der Waals surface area (Å²) in [5.74, 6) is 1.54. The standard InChI is InChI=1S/C16H27NO/c1-6-9-17-14(5)11-18-16-10-13(4)7-8-15(16)12(2)3/h7-8,10,12,14,17H,6,9,11H2,1-5H3. The van der Waals surface area contributed by atoms with E-state index in [1.807, 2.05) is 0 Å². The van der Waals surface area contributed by atoms with Crippen LogP contribution in [0, 0.1) is 6.92 Å². The summed E-state index contributed by atoms with van der Waals surface area (Å²) in [6, 6.07) is 6.87. The summed E-state index contributed by atoms with van der Waals surface area (Å²) in [5, 5.41) is 3.44. The largest absolute Gasteiger partial charge is 0.492 e. The van der Waals surface area contributed by atoms with E-state index in [4.69, 9.17) is 4.74 Å². The van der Waals surface area contributed by atoms with Crippen molar-refractivity contribution in [2.75, 3.05) is 13.2 Å². The van der Waals surface area contributed by atoms with Crippen LogP contribution in [0.3, 0.4) is 0 Å². The number of nitrogens with one attached hydrogen (secondary N) is 1. The maximum Gasteiger partial charge on any atom is 0.123 e. The summed E-state index contributed by atoms with van der Waals surface area (Å²) >= 11 is 0. The lowest BCUT2D eigenvalue weighted by Crippen LogP contribution is -2.32. The van der Waals surface area contributed by atoms with Crippen LogP contribution >= 0.6 is 0 Å². The van der Waals surface area contributed by atoms with E-state index < -0.39 is 0 Å². The fourth-order valence-electron chi connectivity index (χ4n) is 1.91. The van der Waals surface area contributed by atoms with Gasteiger partial charge >= 0.3 is 0 Å². The zero-order valence-electron chi connectivity index (χ0n) is 12.4. The summed E-state index contributed by atoms with van der Waals surface area (Å²) in [4.78, 5) is 0. The molecule has 0 saturated heterocycles. The Bertz CT molecular complexity index is 360. The minimum Gasteiger partial charge on any atom is -0.492 e. The monoisotopic (exact) mass is 249 g/mol. The molecule has 0 bridgehead atoms. The Balaban J connectivity index is 2.62. The molecule has 0 aliphatic heterocycles. The van der Waals surface area contributed by atoms with E-state index in [0.717, 1.165) is 25.3 Å². The first-order chi connectivity index (χ1) is 8.54. The molecule has 18 heavy (non-hydrogen) atoms. The van der Waals surface area contributed by atoms with Crippen LogP contribution in [0.5, 0.6) is 5.75 Å². The molecular weight excluding hydrogens is 222 g/mol. The van der Waals surface area contributed by atoms with Crippen molar-refractivity contribution in [3.8, 4) is 5.75 Å². The third-order valence-corrected chi connectivity index (χ3v) is 3.02. The SMILES string of the molecule is CCCNC(C)COc1cc(C)ccc1C(C)C. The van der Waals surface area contributed by atoms with Crippen LogP contribution in [-0.4, -0.2) is 19.2 Å². The minimum atomic E-state index is 0.394. The van der Waals surface area contributed by atoms with Crippen molar-refractivity contribution in [1.82, 2.24) is 5.32 Å². The molecule has 0 amide bonds. The highest BCUT2D eigenvalue weighted by atomic mass is 16.5. The summed E-state index contributed by atoms with van der Waals surface area (Å²) in [5.41, 5.74) is 2.55. The second-order valence-electron chi connectivity index (χ2n) is 5.36. The third-order valence-electron chi connectivity index (χ3n) is 3.02. The molecule has 0 aliphatic rings. The van der Waals surface area contributed by atoms with Gasteiger partial charge in [0.2, 0.25) is 0 Å². The Morgan fingerprint density at radius 2 is 1.94 bits per heavy atom. The van der Waals surface area contributed by atoms with Crippen molar-refractivity contribution >= 4 is 0 Å². The van der Waals surface area contributed by atoms with Crippen molar-refractivity contribution in [2.24, 2.45) is 0 Å². The Morgan fingerprint density at radius 1 is 1.22 bits per heavy atom. The molecule has 0 saturated carbocycles. The van der Waals surface area contributed by atoms with Crippen LogP contribution in [0.1, 0.15) is 51.2 Å². The van der Waals surface area contributed by atoms with E-state index in [1.54, 1.807) is 0 Å². The van der Waals surface area contributed by atoms with Gasteiger partial charge in [0.25, 0.3) is 0 Å². The summed E-state index contributed by atoms with van der Waals surface area (Å²) < 4.78 is 5.98. The third kappa shape index (κ3) is 4.69. The number of rotatable bonds is 7. The molecule has 0 radical (unpaired) electrons. The summed E-state index contributed by atoms with van der Waals surface area (Å²) in [6.07, 6.45) is 1.16. The molecule has 1 aromatic carbocycles. The zero-order valence-corrected chi connectivity index (χ0v) is 12.4. The van der Waals surface area contributed by atoms with Gasteiger partial charge in [0.1, 0.15) is 12.4 Å². The smallest absolute Gasteiger partial charge is 0.123 e. The van der Waals surface area contributed by atoms with Crippen LogP contribution in [-0.2, 0) is 0 Å². The average Bonchev–Trinajstić information content (AvgIpc) is 2.33. The molecule has 0 aromatic heterocycles. The van der Waals surface area contributed by atoms with Crippen LogP contribution in [0.25, 0.3) is 0 Å². The van der Waals surface area contributed by atoms with Gasteiger partial charge < -0.3 is 10.1 Å². The molecular formula is C16H27NO. The predicted octanol–water partition coefficient (Wildman–Crippen LogP) is 3.89. The van der Waals surface area contributed by atoms with Crippen LogP contribution in [0.15, 0.2) is 18.2 Å². The first kappa shape index (κ1) is 15.0. The van der Waals surface area contributed by atoms with Gasteiger partial charge in [-0.25, -0.2) is 0 Å². The van der Waals surface area contributed by atoms with Gasteiger partial charge in [-0.05, 0) is 49.9 Å². The van der Waals surface area contributed by atoms with Gasteiger partial charge in [0.05, 0.1) is 0 Å². The van der Waals surface area contributed by atoms with E-state index in [9.17, 15) is 0 Å². The van der Waals surface area contributed by atoms with Crippen molar-refractivity contribution in [1.29, 1.82) is 0 Å². The molecule has 0 spiro atoms. The van der Waals surface area contributed by atoms with E-state index >= 15 is 0 Å². The van der Waals surface area contributed by atoms with Crippen molar-refractivity contribution in [2.45, 2.75) is 53.0 Å². The fourth-order valence-corrected chi connectivity index (χ4v) is 1.91. The zero-order chi connectivity index (χ0) is 13.5. The molecule has 2 nitrogen and oxygen atoms in total. The van der Waals surface area contributed by atoms with Gasteiger partial charge in [-0.1, -0.05) is 32.9 Å². The number of benzene rings is 1. The van der Waals surface area contributed by atoms with E-state index in [-0.39, 0.29) is 0 Å². The molecule has 1 atom stereocenters. The fraction of sp³-hybridized carbons (Fsp3) is 0.625.